The molecule has 3 nitrogen and oxygen atoms in total. The van der Waals surface area contributed by atoms with Crippen LogP contribution in [-0.2, 0) is 4.79 Å². The van der Waals surface area contributed by atoms with Gasteiger partial charge in [0.05, 0.1) is 6.54 Å². The quantitative estimate of drug-likeness (QED) is 0.768. The van der Waals surface area contributed by atoms with E-state index in [9.17, 15) is 4.79 Å². The van der Waals surface area contributed by atoms with Crippen LogP contribution in [0.3, 0.4) is 0 Å². The highest BCUT2D eigenvalue weighted by molar-refractivity contribution is 5.78. The Balaban J connectivity index is 2.20. The van der Waals surface area contributed by atoms with Gasteiger partial charge in [-0.25, -0.2) is 0 Å². The van der Waals surface area contributed by atoms with Crippen LogP contribution in [0.2, 0.25) is 0 Å². The summed E-state index contributed by atoms with van der Waals surface area (Å²) in [6, 6.07) is 0. The van der Waals surface area contributed by atoms with Crippen LogP contribution < -0.4 is 5.32 Å². The van der Waals surface area contributed by atoms with Crippen LogP contribution in [-0.4, -0.2) is 36.5 Å². The van der Waals surface area contributed by atoms with Crippen LogP contribution in [0.15, 0.2) is 0 Å². The first-order chi connectivity index (χ1) is 6.88. The maximum Gasteiger partial charge on any atom is 0.236 e. The molecule has 0 aromatic heterocycles. The van der Waals surface area contributed by atoms with Crippen LogP contribution in [0.25, 0.3) is 0 Å². The van der Waals surface area contributed by atoms with Gasteiger partial charge in [0.25, 0.3) is 0 Å². The van der Waals surface area contributed by atoms with Crippen LogP contribution in [0.4, 0.5) is 0 Å². The summed E-state index contributed by atoms with van der Waals surface area (Å²) in [5.74, 6) is 0.963. The Labute approximate surface area is 93.2 Å². The lowest BCUT2D eigenvalue weighted by Gasteiger charge is -2.31. The van der Waals surface area contributed by atoms with Crippen molar-refractivity contribution in [3.8, 4) is 0 Å². The summed E-state index contributed by atoms with van der Waals surface area (Å²) in [6.07, 6.45) is 3.93. The van der Waals surface area contributed by atoms with Gasteiger partial charge in [-0.2, -0.15) is 0 Å². The minimum Gasteiger partial charge on any atom is -0.344 e. The van der Waals surface area contributed by atoms with Crippen LogP contribution in [0.5, 0.6) is 0 Å². The Morgan fingerprint density at radius 1 is 1.40 bits per heavy atom. The lowest BCUT2D eigenvalue weighted by Crippen LogP contribution is -2.45. The zero-order valence-corrected chi connectivity index (χ0v) is 10.5. The Morgan fingerprint density at radius 3 is 2.40 bits per heavy atom. The molecule has 0 heterocycles. The van der Waals surface area contributed by atoms with Crippen molar-refractivity contribution in [2.75, 3.05) is 20.1 Å². The summed E-state index contributed by atoms with van der Waals surface area (Å²) in [7, 11) is 1.91. The normalized spacial score (nSPS) is 17.3. The van der Waals surface area contributed by atoms with E-state index in [-0.39, 0.29) is 11.4 Å². The third kappa shape index (κ3) is 4.65. The van der Waals surface area contributed by atoms with E-state index in [1.807, 2.05) is 11.9 Å². The van der Waals surface area contributed by atoms with Gasteiger partial charge >= 0.3 is 0 Å². The number of likely N-dealkylation sites (N-methyl/N-ethyl adjacent to an activating group) is 1. The molecule has 1 aliphatic carbocycles. The zero-order chi connectivity index (χ0) is 11.5. The first kappa shape index (κ1) is 12.5. The van der Waals surface area contributed by atoms with Crippen molar-refractivity contribution in [3.05, 3.63) is 0 Å². The van der Waals surface area contributed by atoms with Crippen molar-refractivity contribution in [2.45, 2.75) is 45.6 Å². The fraction of sp³-hybridized carbons (Fsp3) is 0.917. The number of nitrogens with one attached hydrogen (secondary N) is 1. The Kier molecular flexibility index (Phi) is 4.14. The molecular formula is C12H24N2O. The third-order valence-electron chi connectivity index (χ3n) is 2.95. The SMILES string of the molecule is CN(CC1CCC1)C(=O)CNC(C)(C)C. The summed E-state index contributed by atoms with van der Waals surface area (Å²) >= 11 is 0. The summed E-state index contributed by atoms with van der Waals surface area (Å²) < 4.78 is 0. The predicted octanol–water partition coefficient (Wildman–Crippen LogP) is 1.63. The fourth-order valence-electron chi connectivity index (χ4n) is 1.64. The average Bonchev–Trinajstić information content (AvgIpc) is 2.05. The van der Waals surface area contributed by atoms with Gasteiger partial charge in [0.1, 0.15) is 0 Å². The lowest BCUT2D eigenvalue weighted by atomic mass is 9.85. The highest BCUT2D eigenvalue weighted by Crippen LogP contribution is 2.26. The minimum atomic E-state index is 0.0208. The molecule has 0 aliphatic heterocycles. The van der Waals surface area contributed by atoms with Crippen molar-refractivity contribution >= 4 is 5.91 Å². The van der Waals surface area contributed by atoms with Crippen LogP contribution in [0.1, 0.15) is 40.0 Å². The standard InChI is InChI=1S/C12H24N2O/c1-12(2,3)13-8-11(15)14(4)9-10-6-5-7-10/h10,13H,5-9H2,1-4H3. The van der Waals surface area contributed by atoms with E-state index in [2.05, 4.69) is 26.1 Å². The molecule has 15 heavy (non-hydrogen) atoms. The van der Waals surface area contributed by atoms with Crippen LogP contribution in [0, 0.1) is 5.92 Å². The number of carbonyl (C=O) groups excluding carboxylic acids is 1. The van der Waals surface area contributed by atoms with E-state index in [0.29, 0.717) is 6.54 Å². The molecule has 0 aromatic carbocycles. The number of hydrogen-bond acceptors (Lipinski definition) is 2. The first-order valence-electron chi connectivity index (χ1n) is 5.87. The van der Waals surface area contributed by atoms with E-state index in [4.69, 9.17) is 0 Å². The largest absolute Gasteiger partial charge is 0.344 e. The molecule has 1 rings (SSSR count). The second kappa shape index (κ2) is 4.97. The van der Waals surface area contributed by atoms with Crippen molar-refractivity contribution in [1.29, 1.82) is 0 Å². The van der Waals surface area contributed by atoms with Gasteiger partial charge in [0.2, 0.25) is 5.91 Å². The molecule has 0 radical (unpaired) electrons. The van der Waals surface area contributed by atoms with E-state index >= 15 is 0 Å². The molecule has 3 heteroatoms. The number of nitrogens with zero attached hydrogens (tertiary/aromatic N) is 1. The molecule has 1 saturated carbocycles. The second-order valence-corrected chi connectivity index (χ2v) is 5.67. The fourth-order valence-corrected chi connectivity index (χ4v) is 1.64. The smallest absolute Gasteiger partial charge is 0.236 e. The molecule has 0 unspecified atom stereocenters. The Hall–Kier alpha value is -0.570. The maximum absolute atomic E-state index is 11.7. The Bertz CT molecular complexity index is 216. The third-order valence-corrected chi connectivity index (χ3v) is 2.95. The average molecular weight is 212 g/mol. The first-order valence-corrected chi connectivity index (χ1v) is 5.87. The summed E-state index contributed by atoms with van der Waals surface area (Å²) in [5, 5.41) is 3.22. The molecule has 0 atom stereocenters. The minimum absolute atomic E-state index is 0.0208. The van der Waals surface area contributed by atoms with Gasteiger partial charge in [0, 0.05) is 19.1 Å². The van der Waals surface area contributed by atoms with Gasteiger partial charge in [-0.05, 0) is 39.5 Å². The van der Waals surface area contributed by atoms with Crippen molar-refractivity contribution < 1.29 is 4.79 Å². The molecule has 88 valence electrons. The van der Waals surface area contributed by atoms with Gasteiger partial charge < -0.3 is 10.2 Å². The monoisotopic (exact) mass is 212 g/mol. The summed E-state index contributed by atoms with van der Waals surface area (Å²) in [6.45, 7) is 7.61. The number of rotatable bonds is 4. The molecule has 0 saturated heterocycles. The summed E-state index contributed by atoms with van der Waals surface area (Å²) in [5.41, 5.74) is 0.0208. The zero-order valence-electron chi connectivity index (χ0n) is 10.5. The molecule has 1 N–H and O–H groups in total. The van der Waals surface area contributed by atoms with Gasteiger partial charge in [-0.3, -0.25) is 4.79 Å². The van der Waals surface area contributed by atoms with E-state index < -0.39 is 0 Å². The molecule has 1 aliphatic rings. The van der Waals surface area contributed by atoms with Gasteiger partial charge in [-0.15, -0.1) is 0 Å². The van der Waals surface area contributed by atoms with Gasteiger partial charge in [-0.1, -0.05) is 6.42 Å². The van der Waals surface area contributed by atoms with Gasteiger partial charge in [0.15, 0.2) is 0 Å². The van der Waals surface area contributed by atoms with E-state index in [1.54, 1.807) is 0 Å². The van der Waals surface area contributed by atoms with Crippen molar-refractivity contribution in [1.82, 2.24) is 10.2 Å². The molecule has 0 spiro atoms. The van der Waals surface area contributed by atoms with E-state index in [0.717, 1.165) is 12.5 Å². The molecule has 1 amide bonds. The molecule has 0 bridgehead atoms. The number of carbonyl (C=O) groups is 1. The van der Waals surface area contributed by atoms with Crippen molar-refractivity contribution in [3.63, 3.8) is 0 Å². The van der Waals surface area contributed by atoms with Crippen LogP contribution >= 0.6 is 0 Å². The lowest BCUT2D eigenvalue weighted by molar-refractivity contribution is -0.130. The topological polar surface area (TPSA) is 32.3 Å². The number of amides is 1. The molecule has 1 fully saturated rings. The van der Waals surface area contributed by atoms with Crippen molar-refractivity contribution in [2.24, 2.45) is 5.92 Å². The highest BCUT2D eigenvalue weighted by Gasteiger charge is 2.21. The maximum atomic E-state index is 11.7. The van der Waals surface area contributed by atoms with E-state index in [1.165, 1.54) is 19.3 Å². The summed E-state index contributed by atoms with van der Waals surface area (Å²) in [4.78, 5) is 13.6. The Morgan fingerprint density at radius 2 is 2.00 bits per heavy atom. The number of hydrogen-bond donors (Lipinski definition) is 1. The second-order valence-electron chi connectivity index (χ2n) is 5.67. The highest BCUT2D eigenvalue weighted by atomic mass is 16.2. The molecular weight excluding hydrogens is 188 g/mol. The molecule has 0 aromatic rings. The predicted molar refractivity (Wildman–Crippen MR) is 62.7 cm³/mol.